The van der Waals surface area contributed by atoms with Crippen LogP contribution in [0.3, 0.4) is 0 Å². The van der Waals surface area contributed by atoms with E-state index in [4.69, 9.17) is 4.74 Å². The molecule has 0 radical (unpaired) electrons. The highest BCUT2D eigenvalue weighted by Crippen LogP contribution is 2.28. The van der Waals surface area contributed by atoms with Crippen LogP contribution in [0.15, 0.2) is 36.0 Å². The molecule has 0 N–H and O–H groups in total. The number of ether oxygens (including phenoxy) is 1. The van der Waals surface area contributed by atoms with Crippen LogP contribution in [-0.4, -0.2) is 19.3 Å². The van der Waals surface area contributed by atoms with Gasteiger partial charge in [0.05, 0.1) is 6.10 Å². The van der Waals surface area contributed by atoms with Crippen molar-refractivity contribution in [2.45, 2.75) is 46.6 Å². The fraction of sp³-hybridized carbons (Fsp3) is 0.556. The Labute approximate surface area is 123 Å². The van der Waals surface area contributed by atoms with Crippen LogP contribution in [0.25, 0.3) is 0 Å². The summed E-state index contributed by atoms with van der Waals surface area (Å²) in [7, 11) is 0. The van der Waals surface area contributed by atoms with Crippen LogP contribution in [0, 0.1) is 12.8 Å². The van der Waals surface area contributed by atoms with E-state index in [0.29, 0.717) is 12.0 Å². The van der Waals surface area contributed by atoms with Gasteiger partial charge in [0.25, 0.3) is 0 Å². The first-order valence-corrected chi connectivity index (χ1v) is 7.71. The third-order valence-electron chi connectivity index (χ3n) is 3.88. The van der Waals surface area contributed by atoms with Crippen molar-refractivity contribution in [2.24, 2.45) is 5.92 Å². The van der Waals surface area contributed by atoms with Gasteiger partial charge in [-0.3, -0.25) is 0 Å². The van der Waals surface area contributed by atoms with Gasteiger partial charge in [-0.2, -0.15) is 0 Å². The summed E-state index contributed by atoms with van der Waals surface area (Å²) < 4.78 is 5.65. The normalized spacial score (nSPS) is 19.1. The lowest BCUT2D eigenvalue weighted by Crippen LogP contribution is -2.40. The maximum absolute atomic E-state index is 5.65. The Kier molecular flexibility index (Phi) is 5.24. The molecule has 0 aromatic heterocycles. The van der Waals surface area contributed by atoms with Crippen LogP contribution in [0.2, 0.25) is 0 Å². The van der Waals surface area contributed by atoms with Gasteiger partial charge in [0.1, 0.15) is 0 Å². The molecule has 0 bridgehead atoms. The summed E-state index contributed by atoms with van der Waals surface area (Å²) in [4.78, 5) is 2.46. The van der Waals surface area contributed by atoms with E-state index in [2.05, 4.69) is 62.9 Å². The molecule has 2 heteroatoms. The van der Waals surface area contributed by atoms with Crippen molar-refractivity contribution in [3.8, 4) is 0 Å². The molecule has 1 atom stereocenters. The minimum atomic E-state index is 0.386. The van der Waals surface area contributed by atoms with Crippen molar-refractivity contribution in [3.05, 3.63) is 41.6 Å². The summed E-state index contributed by atoms with van der Waals surface area (Å²) in [5, 5.41) is 0. The summed E-state index contributed by atoms with van der Waals surface area (Å²) in [6.45, 7) is 10.8. The molecule has 1 aromatic carbocycles. The van der Waals surface area contributed by atoms with Gasteiger partial charge in [0.2, 0.25) is 0 Å². The number of hydrogen-bond acceptors (Lipinski definition) is 2. The molecule has 0 spiro atoms. The Hall–Kier alpha value is -1.28. The van der Waals surface area contributed by atoms with Gasteiger partial charge in [0.15, 0.2) is 0 Å². The second kappa shape index (κ2) is 6.94. The number of benzene rings is 1. The topological polar surface area (TPSA) is 12.5 Å². The van der Waals surface area contributed by atoms with Crippen molar-refractivity contribution in [1.29, 1.82) is 0 Å². The zero-order chi connectivity index (χ0) is 14.5. The molecule has 2 nitrogen and oxygen atoms in total. The summed E-state index contributed by atoms with van der Waals surface area (Å²) in [5.41, 5.74) is 4.05. The molecule has 0 unspecified atom stereocenters. The quantitative estimate of drug-likeness (QED) is 0.754. The van der Waals surface area contributed by atoms with E-state index in [1.165, 1.54) is 23.4 Å². The van der Waals surface area contributed by atoms with Crippen LogP contribution in [0.1, 0.15) is 39.2 Å². The third-order valence-corrected chi connectivity index (χ3v) is 3.88. The van der Waals surface area contributed by atoms with E-state index in [9.17, 15) is 0 Å². The predicted molar refractivity (Wildman–Crippen MR) is 86.1 cm³/mol. The first kappa shape index (κ1) is 15.1. The van der Waals surface area contributed by atoms with Crippen molar-refractivity contribution < 1.29 is 4.74 Å². The average molecular weight is 273 g/mol. The molecule has 0 saturated carbocycles. The Balaban J connectivity index is 2.25. The fourth-order valence-corrected chi connectivity index (χ4v) is 2.67. The standard InChI is InChI=1S/C18H27NO/c1-5-16(12-14(2)3)19(13-17-10-11-20-17)18-9-7-6-8-15(18)4/h5-9,14,17H,10-13H2,1-4H3/b16-5-/t17-/m0/s1. The van der Waals surface area contributed by atoms with E-state index in [0.717, 1.165) is 19.6 Å². The second-order valence-corrected chi connectivity index (χ2v) is 6.06. The lowest BCUT2D eigenvalue weighted by atomic mass is 10.0. The smallest absolute Gasteiger partial charge is 0.0776 e. The van der Waals surface area contributed by atoms with Gasteiger partial charge in [0, 0.05) is 24.5 Å². The molecule has 1 aliphatic heterocycles. The Morgan fingerprint density at radius 3 is 2.60 bits per heavy atom. The van der Waals surface area contributed by atoms with Gasteiger partial charge in [-0.05, 0) is 44.2 Å². The van der Waals surface area contributed by atoms with Gasteiger partial charge < -0.3 is 9.64 Å². The molecule has 2 rings (SSSR count). The van der Waals surface area contributed by atoms with Gasteiger partial charge in [-0.25, -0.2) is 0 Å². The van der Waals surface area contributed by atoms with Crippen molar-refractivity contribution in [2.75, 3.05) is 18.1 Å². The van der Waals surface area contributed by atoms with Crippen LogP contribution < -0.4 is 4.90 Å². The Morgan fingerprint density at radius 2 is 2.10 bits per heavy atom. The monoisotopic (exact) mass is 273 g/mol. The largest absolute Gasteiger partial charge is 0.376 e. The molecular formula is C18H27NO. The first-order valence-electron chi connectivity index (χ1n) is 7.71. The average Bonchev–Trinajstić information content (AvgIpc) is 2.36. The van der Waals surface area contributed by atoms with Crippen LogP contribution >= 0.6 is 0 Å². The molecule has 1 fully saturated rings. The van der Waals surface area contributed by atoms with Gasteiger partial charge in [-0.15, -0.1) is 0 Å². The number of rotatable bonds is 6. The lowest BCUT2D eigenvalue weighted by Gasteiger charge is -2.36. The van der Waals surface area contributed by atoms with Crippen molar-refractivity contribution in [1.82, 2.24) is 0 Å². The molecule has 1 aliphatic rings. The summed E-state index contributed by atoms with van der Waals surface area (Å²) in [6.07, 6.45) is 4.93. The highest BCUT2D eigenvalue weighted by molar-refractivity contribution is 5.57. The molecule has 1 aromatic rings. The first-order chi connectivity index (χ1) is 9.61. The van der Waals surface area contributed by atoms with E-state index in [1.807, 2.05) is 0 Å². The van der Waals surface area contributed by atoms with E-state index < -0.39 is 0 Å². The number of para-hydroxylation sites is 1. The van der Waals surface area contributed by atoms with E-state index in [-0.39, 0.29) is 0 Å². The van der Waals surface area contributed by atoms with Crippen molar-refractivity contribution in [3.63, 3.8) is 0 Å². The maximum atomic E-state index is 5.65. The zero-order valence-electron chi connectivity index (χ0n) is 13.2. The molecule has 110 valence electrons. The molecule has 1 heterocycles. The summed E-state index contributed by atoms with van der Waals surface area (Å²) in [5.74, 6) is 0.662. The van der Waals surface area contributed by atoms with Crippen LogP contribution in [0.5, 0.6) is 0 Å². The summed E-state index contributed by atoms with van der Waals surface area (Å²) in [6, 6.07) is 8.64. The molecule has 1 saturated heterocycles. The summed E-state index contributed by atoms with van der Waals surface area (Å²) >= 11 is 0. The molecule has 0 aliphatic carbocycles. The Morgan fingerprint density at radius 1 is 1.40 bits per heavy atom. The molecule has 20 heavy (non-hydrogen) atoms. The van der Waals surface area contributed by atoms with Crippen molar-refractivity contribution >= 4 is 5.69 Å². The maximum Gasteiger partial charge on any atom is 0.0776 e. The zero-order valence-corrected chi connectivity index (χ0v) is 13.2. The SMILES string of the molecule is C/C=C(/CC(C)C)N(C[C@@H]1CCO1)c1ccccc1C. The fourth-order valence-electron chi connectivity index (χ4n) is 2.67. The van der Waals surface area contributed by atoms with E-state index in [1.54, 1.807) is 0 Å². The highest BCUT2D eigenvalue weighted by Gasteiger charge is 2.24. The number of nitrogens with zero attached hydrogens (tertiary/aromatic N) is 1. The van der Waals surface area contributed by atoms with Gasteiger partial charge >= 0.3 is 0 Å². The van der Waals surface area contributed by atoms with E-state index >= 15 is 0 Å². The molecule has 0 amide bonds. The minimum Gasteiger partial charge on any atom is -0.376 e. The number of allylic oxidation sites excluding steroid dienone is 2. The van der Waals surface area contributed by atoms with Crippen LogP contribution in [-0.2, 0) is 4.74 Å². The number of anilines is 1. The highest BCUT2D eigenvalue weighted by atomic mass is 16.5. The van der Waals surface area contributed by atoms with Gasteiger partial charge in [-0.1, -0.05) is 38.1 Å². The predicted octanol–water partition coefficient (Wildman–Crippen LogP) is 4.54. The Bertz CT molecular complexity index is 460. The third kappa shape index (κ3) is 3.63. The molecular weight excluding hydrogens is 246 g/mol. The van der Waals surface area contributed by atoms with Crippen LogP contribution in [0.4, 0.5) is 5.69 Å². The number of hydrogen-bond donors (Lipinski definition) is 0. The lowest BCUT2D eigenvalue weighted by molar-refractivity contribution is -0.0439. The minimum absolute atomic E-state index is 0.386. The number of aryl methyl sites for hydroxylation is 1. The second-order valence-electron chi connectivity index (χ2n) is 6.06.